The van der Waals surface area contributed by atoms with E-state index in [1.54, 1.807) is 31.3 Å². The quantitative estimate of drug-likeness (QED) is 0.781. The van der Waals surface area contributed by atoms with Gasteiger partial charge in [0.1, 0.15) is 0 Å². The van der Waals surface area contributed by atoms with Gasteiger partial charge in [0.15, 0.2) is 0 Å². The number of carbonyl (C=O) groups is 2. The number of urea groups is 1. The van der Waals surface area contributed by atoms with Crippen LogP contribution >= 0.6 is 0 Å². The number of nitrogens with one attached hydrogen (secondary N) is 1. The number of imide groups is 1. The summed E-state index contributed by atoms with van der Waals surface area (Å²) in [6, 6.07) is 14.2. The van der Waals surface area contributed by atoms with Crippen LogP contribution in [0, 0.1) is 11.3 Å². The van der Waals surface area contributed by atoms with Gasteiger partial charge < -0.3 is 5.32 Å². The molecule has 1 aliphatic rings. The predicted octanol–water partition coefficient (Wildman–Crippen LogP) is 2.96. The number of halogens is 3. The molecule has 0 aliphatic carbocycles. The lowest BCUT2D eigenvalue weighted by Gasteiger charge is -2.30. The second-order valence-electron chi connectivity index (χ2n) is 6.74. The molecule has 0 bridgehead atoms. The van der Waals surface area contributed by atoms with E-state index < -0.39 is 23.7 Å². The van der Waals surface area contributed by atoms with Crippen LogP contribution in [0.5, 0.6) is 0 Å². The lowest BCUT2D eigenvalue weighted by atomic mass is 9.89. The van der Waals surface area contributed by atoms with E-state index >= 15 is 0 Å². The third-order valence-electron chi connectivity index (χ3n) is 4.63. The molecule has 29 heavy (non-hydrogen) atoms. The summed E-state index contributed by atoms with van der Waals surface area (Å²) in [4.78, 5) is 27.2. The van der Waals surface area contributed by atoms with Gasteiger partial charge in [-0.25, -0.2) is 9.69 Å². The first kappa shape index (κ1) is 20.4. The average molecular weight is 402 g/mol. The minimum Gasteiger partial charge on any atom is -0.312 e. The molecule has 1 aliphatic heterocycles. The number of hydrogen-bond acceptors (Lipinski definition) is 4. The van der Waals surface area contributed by atoms with Crippen molar-refractivity contribution < 1.29 is 22.8 Å². The molecule has 3 amide bonds. The van der Waals surface area contributed by atoms with E-state index in [1.807, 2.05) is 11.4 Å². The zero-order valence-corrected chi connectivity index (χ0v) is 15.4. The first-order chi connectivity index (χ1) is 13.7. The molecule has 0 saturated carbocycles. The van der Waals surface area contributed by atoms with Crippen molar-refractivity contribution in [3.63, 3.8) is 0 Å². The Morgan fingerprint density at radius 3 is 2.45 bits per heavy atom. The van der Waals surface area contributed by atoms with Gasteiger partial charge in [0.25, 0.3) is 5.91 Å². The zero-order valence-electron chi connectivity index (χ0n) is 15.4. The molecule has 0 spiro atoms. The molecule has 1 N–H and O–H groups in total. The minimum absolute atomic E-state index is 0.233. The van der Waals surface area contributed by atoms with Crippen molar-refractivity contribution in [2.45, 2.75) is 18.3 Å². The summed E-state index contributed by atoms with van der Waals surface area (Å²) in [7, 11) is 1.57. The molecule has 1 heterocycles. The fraction of sp³-hybridized carbons (Fsp3) is 0.250. The summed E-state index contributed by atoms with van der Waals surface area (Å²) in [5, 5.41) is 10.8. The van der Waals surface area contributed by atoms with E-state index in [4.69, 9.17) is 5.26 Å². The Morgan fingerprint density at radius 2 is 1.83 bits per heavy atom. The second-order valence-corrected chi connectivity index (χ2v) is 6.74. The van der Waals surface area contributed by atoms with Gasteiger partial charge in [-0.1, -0.05) is 42.5 Å². The van der Waals surface area contributed by atoms with E-state index in [0.29, 0.717) is 10.5 Å². The lowest BCUT2D eigenvalue weighted by molar-refractivity contribution is -0.198. The number of hydrogen-bond donors (Lipinski definition) is 1. The van der Waals surface area contributed by atoms with Gasteiger partial charge in [-0.3, -0.25) is 9.69 Å². The van der Waals surface area contributed by atoms with Gasteiger partial charge in [-0.05, 0) is 30.3 Å². The van der Waals surface area contributed by atoms with Crippen LogP contribution in [0.15, 0.2) is 54.6 Å². The van der Waals surface area contributed by atoms with Gasteiger partial charge in [0.05, 0.1) is 18.3 Å². The van der Waals surface area contributed by atoms with Gasteiger partial charge in [0, 0.05) is 6.54 Å². The Morgan fingerprint density at radius 1 is 1.14 bits per heavy atom. The third kappa shape index (κ3) is 3.67. The molecule has 1 fully saturated rings. The van der Waals surface area contributed by atoms with Crippen molar-refractivity contribution in [1.82, 2.24) is 15.1 Å². The highest BCUT2D eigenvalue weighted by Crippen LogP contribution is 2.43. The molecule has 0 aromatic heterocycles. The third-order valence-corrected chi connectivity index (χ3v) is 4.63. The highest BCUT2D eigenvalue weighted by molar-refractivity contribution is 6.08. The maximum atomic E-state index is 14.0. The average Bonchev–Trinajstić information content (AvgIpc) is 2.94. The number of nitriles is 1. The van der Waals surface area contributed by atoms with Crippen LogP contribution in [0.1, 0.15) is 16.7 Å². The standard InChI is InChI=1S/C20H17F3N4O2/c1-26(12-15-7-5-6-14(10-15)11-24)13-27-17(28)19(20(21,22)23,25-18(27)29)16-8-3-2-4-9-16/h2-10H,12-13H2,1H3,(H,25,29)/t19-/m0/s1. The largest absolute Gasteiger partial charge is 0.425 e. The van der Waals surface area contributed by atoms with Gasteiger partial charge in [-0.2, -0.15) is 18.4 Å². The second kappa shape index (κ2) is 7.56. The predicted molar refractivity (Wildman–Crippen MR) is 97.0 cm³/mol. The highest BCUT2D eigenvalue weighted by Gasteiger charge is 2.68. The Balaban J connectivity index is 1.85. The number of amides is 3. The Hall–Kier alpha value is -3.38. The monoisotopic (exact) mass is 402 g/mol. The van der Waals surface area contributed by atoms with Crippen molar-refractivity contribution in [2.75, 3.05) is 13.7 Å². The van der Waals surface area contributed by atoms with Crippen LogP contribution < -0.4 is 5.32 Å². The van der Waals surface area contributed by atoms with Crippen LogP contribution in [0.25, 0.3) is 0 Å². The van der Waals surface area contributed by atoms with Crippen LogP contribution in [0.2, 0.25) is 0 Å². The fourth-order valence-electron chi connectivity index (χ4n) is 3.29. The van der Waals surface area contributed by atoms with Crippen molar-refractivity contribution in [1.29, 1.82) is 5.26 Å². The lowest BCUT2D eigenvalue weighted by Crippen LogP contribution is -2.56. The first-order valence-corrected chi connectivity index (χ1v) is 8.63. The molecule has 9 heteroatoms. The number of alkyl halides is 3. The summed E-state index contributed by atoms with van der Waals surface area (Å²) >= 11 is 0. The SMILES string of the molecule is CN(Cc1cccc(C#N)c1)CN1C(=O)N[C@](c2ccccc2)(C(F)(F)F)C1=O. The van der Waals surface area contributed by atoms with E-state index in [2.05, 4.69) is 0 Å². The van der Waals surface area contributed by atoms with Crippen molar-refractivity contribution in [2.24, 2.45) is 0 Å². The van der Waals surface area contributed by atoms with Gasteiger partial charge in [-0.15, -0.1) is 0 Å². The number of nitrogens with zero attached hydrogens (tertiary/aromatic N) is 3. The van der Waals surface area contributed by atoms with Crippen LogP contribution in [0.3, 0.4) is 0 Å². The van der Waals surface area contributed by atoms with Crippen LogP contribution in [-0.2, 0) is 16.9 Å². The van der Waals surface area contributed by atoms with Crippen molar-refractivity contribution >= 4 is 11.9 Å². The molecule has 0 radical (unpaired) electrons. The molecule has 150 valence electrons. The van der Waals surface area contributed by atoms with Crippen LogP contribution in [-0.4, -0.2) is 41.6 Å². The van der Waals surface area contributed by atoms with Crippen LogP contribution in [0.4, 0.5) is 18.0 Å². The molecule has 3 rings (SSSR count). The molecular weight excluding hydrogens is 385 g/mol. The number of carbonyl (C=O) groups excluding carboxylic acids is 2. The molecule has 2 aromatic carbocycles. The van der Waals surface area contributed by atoms with E-state index in [-0.39, 0.29) is 18.8 Å². The summed E-state index contributed by atoms with van der Waals surface area (Å²) in [6.45, 7) is -0.108. The molecule has 0 unspecified atom stereocenters. The van der Waals surface area contributed by atoms with Crippen molar-refractivity contribution in [3.05, 3.63) is 71.3 Å². The van der Waals surface area contributed by atoms with Gasteiger partial charge in [0.2, 0.25) is 5.54 Å². The minimum atomic E-state index is -5.02. The smallest absolute Gasteiger partial charge is 0.312 e. The Kier molecular flexibility index (Phi) is 5.31. The van der Waals surface area contributed by atoms with E-state index in [9.17, 15) is 22.8 Å². The van der Waals surface area contributed by atoms with E-state index in [0.717, 1.165) is 17.7 Å². The van der Waals surface area contributed by atoms with E-state index in [1.165, 1.54) is 23.1 Å². The fourth-order valence-corrected chi connectivity index (χ4v) is 3.29. The summed E-state index contributed by atoms with van der Waals surface area (Å²) in [5.74, 6) is -1.38. The number of rotatable bonds is 5. The Labute approximate surface area is 165 Å². The first-order valence-electron chi connectivity index (χ1n) is 8.63. The summed E-state index contributed by atoms with van der Waals surface area (Å²) in [6.07, 6.45) is -5.02. The summed E-state index contributed by atoms with van der Waals surface area (Å²) in [5.41, 5.74) is -2.31. The molecule has 2 aromatic rings. The maximum Gasteiger partial charge on any atom is 0.425 e. The number of benzene rings is 2. The normalized spacial score (nSPS) is 19.4. The maximum absolute atomic E-state index is 14.0. The van der Waals surface area contributed by atoms with Gasteiger partial charge >= 0.3 is 12.2 Å². The molecule has 1 atom stereocenters. The molecule has 1 saturated heterocycles. The topological polar surface area (TPSA) is 76.4 Å². The zero-order chi connectivity index (χ0) is 21.2. The molecular formula is C20H17F3N4O2. The molecule has 6 nitrogen and oxygen atoms in total. The summed E-state index contributed by atoms with van der Waals surface area (Å²) < 4.78 is 41.9. The van der Waals surface area contributed by atoms with Crippen molar-refractivity contribution in [3.8, 4) is 6.07 Å². The Bertz CT molecular complexity index is 972. The highest BCUT2D eigenvalue weighted by atomic mass is 19.4.